The number of cyclic esters (lactones) is 1. The van der Waals surface area contributed by atoms with Crippen molar-refractivity contribution in [2.24, 2.45) is 5.92 Å². The highest BCUT2D eigenvalue weighted by Gasteiger charge is 2.55. The molecule has 4 heteroatoms. The molecule has 3 atom stereocenters. The van der Waals surface area contributed by atoms with Crippen molar-refractivity contribution >= 4 is 5.97 Å². The van der Waals surface area contributed by atoms with Gasteiger partial charge in [-0.05, 0) is 37.0 Å². The van der Waals surface area contributed by atoms with Gasteiger partial charge in [-0.3, -0.25) is 9.69 Å². The van der Waals surface area contributed by atoms with E-state index >= 15 is 0 Å². The number of rotatable bonds is 1. The molecule has 4 aliphatic rings. The highest BCUT2D eigenvalue weighted by molar-refractivity contribution is 5.75. The van der Waals surface area contributed by atoms with Crippen molar-refractivity contribution in [2.75, 3.05) is 26.8 Å². The Balaban J connectivity index is 1.82. The third kappa shape index (κ3) is 1.58. The second-order valence-electron chi connectivity index (χ2n) is 6.34. The van der Waals surface area contributed by atoms with Crippen LogP contribution in [0.4, 0.5) is 0 Å². The standard InChI is InChI=1S/C16H21NO3/c1-19-13-3-2-12-5-7-17-6-4-11-10-20-15(18)8-14(11)16(12,17)9-13/h2-3,12-13H,4-10H2,1H3. The quantitative estimate of drug-likeness (QED) is 0.539. The topological polar surface area (TPSA) is 38.8 Å². The molecule has 3 heterocycles. The summed E-state index contributed by atoms with van der Waals surface area (Å²) in [5, 5.41) is 0. The summed E-state index contributed by atoms with van der Waals surface area (Å²) in [7, 11) is 1.78. The zero-order valence-electron chi connectivity index (χ0n) is 11.9. The number of ether oxygens (including phenoxy) is 2. The molecule has 108 valence electrons. The first-order chi connectivity index (χ1) is 9.74. The molecule has 1 fully saturated rings. The molecule has 0 N–H and O–H groups in total. The van der Waals surface area contributed by atoms with E-state index in [1.165, 1.54) is 17.6 Å². The second-order valence-corrected chi connectivity index (χ2v) is 6.34. The van der Waals surface area contributed by atoms with E-state index in [1.807, 2.05) is 0 Å². The van der Waals surface area contributed by atoms with Gasteiger partial charge in [-0.2, -0.15) is 0 Å². The fraction of sp³-hybridized carbons (Fsp3) is 0.688. The Hall–Kier alpha value is -1.13. The van der Waals surface area contributed by atoms with E-state index < -0.39 is 0 Å². The summed E-state index contributed by atoms with van der Waals surface area (Å²) in [6, 6.07) is 0. The van der Waals surface area contributed by atoms with Crippen LogP contribution in [0.1, 0.15) is 25.7 Å². The molecule has 0 aromatic rings. The Kier molecular flexibility index (Phi) is 2.79. The van der Waals surface area contributed by atoms with Crippen LogP contribution in [0.5, 0.6) is 0 Å². The number of hydrogen-bond acceptors (Lipinski definition) is 4. The lowest BCUT2D eigenvalue weighted by molar-refractivity contribution is -0.144. The van der Waals surface area contributed by atoms with Crippen LogP contribution in [0.3, 0.4) is 0 Å². The van der Waals surface area contributed by atoms with Crippen molar-refractivity contribution in [1.82, 2.24) is 4.90 Å². The van der Waals surface area contributed by atoms with Crippen LogP contribution < -0.4 is 0 Å². The number of hydrogen-bond donors (Lipinski definition) is 0. The molecule has 3 unspecified atom stereocenters. The first kappa shape index (κ1) is 12.6. The van der Waals surface area contributed by atoms with Gasteiger partial charge >= 0.3 is 5.97 Å². The van der Waals surface area contributed by atoms with Gasteiger partial charge in [0.05, 0.1) is 18.1 Å². The maximum Gasteiger partial charge on any atom is 0.310 e. The third-order valence-corrected chi connectivity index (χ3v) is 5.62. The van der Waals surface area contributed by atoms with E-state index in [-0.39, 0.29) is 17.6 Å². The zero-order valence-corrected chi connectivity index (χ0v) is 11.9. The average molecular weight is 275 g/mol. The van der Waals surface area contributed by atoms with Crippen molar-refractivity contribution in [3.63, 3.8) is 0 Å². The molecule has 0 amide bonds. The fourth-order valence-electron chi connectivity index (χ4n) is 4.67. The fourth-order valence-corrected chi connectivity index (χ4v) is 4.67. The predicted molar refractivity (Wildman–Crippen MR) is 74.2 cm³/mol. The molecule has 1 saturated heterocycles. The largest absolute Gasteiger partial charge is 0.461 e. The molecule has 0 aromatic heterocycles. The third-order valence-electron chi connectivity index (χ3n) is 5.62. The van der Waals surface area contributed by atoms with E-state index in [1.54, 1.807) is 7.11 Å². The Morgan fingerprint density at radius 2 is 2.30 bits per heavy atom. The molecular weight excluding hydrogens is 254 g/mol. The minimum absolute atomic E-state index is 0.0302. The smallest absolute Gasteiger partial charge is 0.310 e. The number of carbonyl (C=O) groups is 1. The Morgan fingerprint density at radius 3 is 3.15 bits per heavy atom. The van der Waals surface area contributed by atoms with Gasteiger partial charge in [0.25, 0.3) is 0 Å². The lowest BCUT2D eigenvalue weighted by atomic mass is 9.67. The zero-order chi connectivity index (χ0) is 13.7. The Bertz CT molecular complexity index is 510. The minimum Gasteiger partial charge on any atom is -0.461 e. The molecule has 4 nitrogen and oxygen atoms in total. The summed E-state index contributed by atoms with van der Waals surface area (Å²) in [6.45, 7) is 2.74. The average Bonchev–Trinajstić information content (AvgIpc) is 2.86. The number of esters is 1. The molecule has 1 spiro atoms. The summed E-state index contributed by atoms with van der Waals surface area (Å²) in [6.07, 6.45) is 8.40. The maximum absolute atomic E-state index is 11.8. The molecule has 3 aliphatic heterocycles. The molecule has 0 radical (unpaired) electrons. The van der Waals surface area contributed by atoms with Gasteiger partial charge in [-0.1, -0.05) is 12.2 Å². The van der Waals surface area contributed by atoms with Crippen LogP contribution in [0, 0.1) is 5.92 Å². The number of carbonyl (C=O) groups excluding carboxylic acids is 1. The van der Waals surface area contributed by atoms with Crippen LogP contribution in [-0.2, 0) is 14.3 Å². The predicted octanol–water partition coefficient (Wildman–Crippen LogP) is 1.67. The number of methoxy groups -OCH3 is 1. The molecule has 0 aromatic carbocycles. The summed E-state index contributed by atoms with van der Waals surface area (Å²) < 4.78 is 10.9. The van der Waals surface area contributed by atoms with Crippen molar-refractivity contribution in [2.45, 2.75) is 37.3 Å². The first-order valence-electron chi connectivity index (χ1n) is 7.57. The van der Waals surface area contributed by atoms with Crippen molar-refractivity contribution in [3.05, 3.63) is 23.3 Å². The molecule has 4 rings (SSSR count). The Morgan fingerprint density at radius 1 is 1.40 bits per heavy atom. The normalized spacial score (nSPS) is 40.1. The van der Waals surface area contributed by atoms with Gasteiger partial charge in [0, 0.05) is 19.6 Å². The second kappa shape index (κ2) is 4.43. The van der Waals surface area contributed by atoms with E-state index in [4.69, 9.17) is 9.47 Å². The Labute approximate surface area is 119 Å². The van der Waals surface area contributed by atoms with Crippen LogP contribution >= 0.6 is 0 Å². The molecular formula is C16H21NO3. The van der Waals surface area contributed by atoms with Gasteiger partial charge in [0.1, 0.15) is 6.61 Å². The van der Waals surface area contributed by atoms with E-state index in [2.05, 4.69) is 17.1 Å². The monoisotopic (exact) mass is 275 g/mol. The van der Waals surface area contributed by atoms with Gasteiger partial charge in [0.15, 0.2) is 0 Å². The van der Waals surface area contributed by atoms with Crippen LogP contribution in [-0.4, -0.2) is 49.3 Å². The van der Waals surface area contributed by atoms with Crippen LogP contribution in [0.25, 0.3) is 0 Å². The lowest BCUT2D eigenvalue weighted by Gasteiger charge is -2.51. The van der Waals surface area contributed by atoms with Crippen LogP contribution in [0.2, 0.25) is 0 Å². The van der Waals surface area contributed by atoms with Gasteiger partial charge in [0.2, 0.25) is 0 Å². The van der Waals surface area contributed by atoms with Gasteiger partial charge < -0.3 is 9.47 Å². The van der Waals surface area contributed by atoms with Gasteiger partial charge in [-0.15, -0.1) is 0 Å². The molecule has 1 aliphatic carbocycles. The lowest BCUT2D eigenvalue weighted by Crippen LogP contribution is -2.56. The van der Waals surface area contributed by atoms with Crippen molar-refractivity contribution < 1.29 is 14.3 Å². The molecule has 20 heavy (non-hydrogen) atoms. The van der Waals surface area contributed by atoms with E-state index in [0.717, 1.165) is 25.9 Å². The molecule has 0 bridgehead atoms. The molecule has 0 saturated carbocycles. The number of nitrogens with zero attached hydrogens (tertiary/aromatic N) is 1. The van der Waals surface area contributed by atoms with Crippen molar-refractivity contribution in [1.29, 1.82) is 0 Å². The highest BCUT2D eigenvalue weighted by Crippen LogP contribution is 2.52. The summed E-state index contributed by atoms with van der Waals surface area (Å²) >= 11 is 0. The minimum atomic E-state index is -0.0610. The van der Waals surface area contributed by atoms with Gasteiger partial charge in [-0.25, -0.2) is 0 Å². The van der Waals surface area contributed by atoms with E-state index in [0.29, 0.717) is 18.9 Å². The van der Waals surface area contributed by atoms with Crippen molar-refractivity contribution in [3.8, 4) is 0 Å². The summed E-state index contributed by atoms with van der Waals surface area (Å²) in [5.74, 6) is 0.472. The summed E-state index contributed by atoms with van der Waals surface area (Å²) in [4.78, 5) is 14.4. The van der Waals surface area contributed by atoms with E-state index in [9.17, 15) is 4.79 Å². The van der Waals surface area contributed by atoms with Crippen LogP contribution in [0.15, 0.2) is 23.3 Å². The maximum atomic E-state index is 11.8. The SMILES string of the molecule is COC1C=CC2CCN3CCC4=C(CC(=O)OC4)C23C1. The first-order valence-corrected chi connectivity index (χ1v) is 7.57. The summed E-state index contributed by atoms with van der Waals surface area (Å²) in [5.41, 5.74) is 2.76. The highest BCUT2D eigenvalue weighted by atomic mass is 16.5.